The van der Waals surface area contributed by atoms with Gasteiger partial charge in [-0.2, -0.15) is 15.3 Å². The molecule has 0 spiro atoms. The van der Waals surface area contributed by atoms with E-state index in [2.05, 4.69) is 25.7 Å². The van der Waals surface area contributed by atoms with E-state index < -0.39 is 6.03 Å². The highest BCUT2D eigenvalue weighted by molar-refractivity contribution is 5.97. The first-order chi connectivity index (χ1) is 13.8. The molecule has 1 aromatic carbocycles. The van der Waals surface area contributed by atoms with Crippen LogP contribution < -0.4 is 11.2 Å². The minimum atomic E-state index is -0.761. The number of imidazole rings is 1. The van der Waals surface area contributed by atoms with Gasteiger partial charge in [-0.15, -0.1) is 0 Å². The summed E-state index contributed by atoms with van der Waals surface area (Å²) in [6.07, 6.45) is 3.39. The first-order valence-electron chi connectivity index (χ1n) is 8.91. The zero-order valence-electron chi connectivity index (χ0n) is 16.1. The van der Waals surface area contributed by atoms with E-state index in [1.807, 2.05) is 6.92 Å². The monoisotopic (exact) mass is 394 g/mol. The van der Waals surface area contributed by atoms with Gasteiger partial charge in [-0.3, -0.25) is 4.68 Å². The molecular formula is C19H19FN8O. The van der Waals surface area contributed by atoms with E-state index in [0.29, 0.717) is 22.6 Å². The summed E-state index contributed by atoms with van der Waals surface area (Å²) < 4.78 is 18.1. The summed E-state index contributed by atoms with van der Waals surface area (Å²) in [5, 5.41) is 13.5. The average molecular weight is 394 g/mol. The van der Waals surface area contributed by atoms with Crippen molar-refractivity contribution in [2.24, 2.45) is 17.9 Å². The van der Waals surface area contributed by atoms with Crippen LogP contribution in [-0.2, 0) is 7.05 Å². The molecule has 0 radical (unpaired) electrons. The molecule has 1 unspecified atom stereocenters. The van der Waals surface area contributed by atoms with Gasteiger partial charge in [0, 0.05) is 24.4 Å². The van der Waals surface area contributed by atoms with Crippen LogP contribution in [0.5, 0.6) is 0 Å². The lowest BCUT2D eigenvalue weighted by Crippen LogP contribution is -2.25. The van der Waals surface area contributed by atoms with Crippen LogP contribution >= 0.6 is 0 Å². The molecule has 10 heteroatoms. The Labute approximate surface area is 165 Å². The second-order valence-corrected chi connectivity index (χ2v) is 6.77. The fraction of sp³-hybridized carbons (Fsp3) is 0.211. The van der Waals surface area contributed by atoms with Gasteiger partial charge in [0.05, 0.1) is 29.3 Å². The molecule has 0 aliphatic heterocycles. The molecule has 3 aromatic heterocycles. The van der Waals surface area contributed by atoms with E-state index >= 15 is 0 Å². The van der Waals surface area contributed by atoms with Crippen molar-refractivity contribution >= 4 is 28.3 Å². The number of nitrogens with two attached hydrogens (primary N) is 1. The van der Waals surface area contributed by atoms with E-state index in [1.54, 1.807) is 53.8 Å². The first kappa shape index (κ1) is 18.5. The summed E-state index contributed by atoms with van der Waals surface area (Å²) >= 11 is 0. The highest BCUT2D eigenvalue weighted by Gasteiger charge is 2.20. The van der Waals surface area contributed by atoms with Crippen molar-refractivity contribution in [3.63, 3.8) is 0 Å². The lowest BCUT2D eigenvalue weighted by molar-refractivity contribution is 0.249. The van der Waals surface area contributed by atoms with Crippen LogP contribution in [0.25, 0.3) is 16.6 Å². The van der Waals surface area contributed by atoms with Crippen LogP contribution in [0, 0.1) is 5.82 Å². The van der Waals surface area contributed by atoms with Gasteiger partial charge in [0.2, 0.25) is 0 Å². The van der Waals surface area contributed by atoms with Crippen molar-refractivity contribution in [2.45, 2.75) is 19.8 Å². The standard InChI is InChI=1S/C19H19FN8O/c1-10(13-6-12-8-23-27(3)16(12)7-14(13)20)17-9-22-18-5-4-15(26-28(17)18)11(2)24-25-19(21)29/h4-10H,1-3H3,(H3,21,25,29)/b24-11-. The van der Waals surface area contributed by atoms with E-state index in [4.69, 9.17) is 5.73 Å². The van der Waals surface area contributed by atoms with E-state index in [-0.39, 0.29) is 11.7 Å². The number of primary amides is 1. The number of nitrogens with one attached hydrogen (secondary N) is 1. The Hall–Kier alpha value is -3.82. The molecule has 2 amide bonds. The maximum atomic E-state index is 14.8. The molecular weight excluding hydrogens is 375 g/mol. The number of carbonyl (C=O) groups excluding carboxylic acids is 1. The third-order valence-corrected chi connectivity index (χ3v) is 4.87. The van der Waals surface area contributed by atoms with Gasteiger partial charge in [0.1, 0.15) is 11.5 Å². The number of hydrazone groups is 1. The number of halogens is 1. The third-order valence-electron chi connectivity index (χ3n) is 4.87. The molecule has 0 aliphatic carbocycles. The molecule has 0 saturated heterocycles. The van der Waals surface area contributed by atoms with Gasteiger partial charge in [0.15, 0.2) is 5.65 Å². The molecule has 3 heterocycles. The molecule has 0 saturated carbocycles. The topological polar surface area (TPSA) is 115 Å². The molecule has 3 N–H and O–H groups in total. The summed E-state index contributed by atoms with van der Waals surface area (Å²) in [4.78, 5) is 15.2. The lowest BCUT2D eigenvalue weighted by Gasteiger charge is -2.13. The highest BCUT2D eigenvalue weighted by atomic mass is 19.1. The van der Waals surface area contributed by atoms with Crippen molar-refractivity contribution < 1.29 is 9.18 Å². The number of hydrogen-bond acceptors (Lipinski definition) is 5. The first-order valence-corrected chi connectivity index (χ1v) is 8.91. The van der Waals surface area contributed by atoms with Crippen LogP contribution in [0.15, 0.2) is 41.8 Å². The van der Waals surface area contributed by atoms with Crippen molar-refractivity contribution in [1.82, 2.24) is 29.8 Å². The molecule has 148 valence electrons. The van der Waals surface area contributed by atoms with Crippen molar-refractivity contribution in [2.75, 3.05) is 0 Å². The number of amides is 2. The van der Waals surface area contributed by atoms with Gasteiger partial charge in [0.25, 0.3) is 0 Å². The number of rotatable bonds is 4. The van der Waals surface area contributed by atoms with E-state index in [1.165, 1.54) is 6.07 Å². The van der Waals surface area contributed by atoms with Gasteiger partial charge in [-0.05, 0) is 30.7 Å². The second-order valence-electron chi connectivity index (χ2n) is 6.77. The van der Waals surface area contributed by atoms with Crippen molar-refractivity contribution in [3.05, 3.63) is 59.4 Å². The molecule has 9 nitrogen and oxygen atoms in total. The molecule has 0 aliphatic rings. The summed E-state index contributed by atoms with van der Waals surface area (Å²) in [6, 6.07) is 6.05. The Morgan fingerprint density at radius 3 is 2.86 bits per heavy atom. The van der Waals surface area contributed by atoms with Crippen molar-refractivity contribution in [1.29, 1.82) is 0 Å². The van der Waals surface area contributed by atoms with Gasteiger partial charge in [-0.25, -0.2) is 24.1 Å². The van der Waals surface area contributed by atoms with E-state index in [9.17, 15) is 9.18 Å². The molecule has 4 aromatic rings. The number of benzene rings is 1. The molecule has 29 heavy (non-hydrogen) atoms. The third kappa shape index (κ3) is 3.28. The molecule has 1 atom stereocenters. The maximum absolute atomic E-state index is 14.8. The summed E-state index contributed by atoms with van der Waals surface area (Å²) in [5.41, 5.74) is 10.8. The predicted molar refractivity (Wildman–Crippen MR) is 106 cm³/mol. The number of hydrogen-bond donors (Lipinski definition) is 2. The van der Waals surface area contributed by atoms with Crippen LogP contribution in [0.2, 0.25) is 0 Å². The van der Waals surface area contributed by atoms with Crippen LogP contribution in [0.4, 0.5) is 9.18 Å². The molecule has 4 rings (SSSR count). The lowest BCUT2D eigenvalue weighted by atomic mass is 9.96. The Balaban J connectivity index is 1.77. The van der Waals surface area contributed by atoms with Crippen LogP contribution in [-0.4, -0.2) is 36.1 Å². The summed E-state index contributed by atoms with van der Waals surface area (Å²) in [5.74, 6) is -0.624. The zero-order valence-corrected chi connectivity index (χ0v) is 16.1. The summed E-state index contributed by atoms with van der Waals surface area (Å²) in [6.45, 7) is 3.59. The average Bonchev–Trinajstić information content (AvgIpc) is 3.28. The number of nitrogens with zero attached hydrogens (tertiary/aromatic N) is 6. The Kier molecular flexibility index (Phi) is 4.45. The number of fused-ring (bicyclic) bond motifs is 2. The Morgan fingerprint density at radius 2 is 2.10 bits per heavy atom. The normalized spacial score (nSPS) is 13.2. The Bertz CT molecular complexity index is 1270. The fourth-order valence-electron chi connectivity index (χ4n) is 3.26. The van der Waals surface area contributed by atoms with Gasteiger partial charge in [-0.1, -0.05) is 6.92 Å². The largest absolute Gasteiger partial charge is 0.350 e. The second kappa shape index (κ2) is 6.97. The summed E-state index contributed by atoms with van der Waals surface area (Å²) in [7, 11) is 1.78. The van der Waals surface area contributed by atoms with E-state index in [0.717, 1.165) is 16.6 Å². The van der Waals surface area contributed by atoms with Crippen LogP contribution in [0.3, 0.4) is 0 Å². The number of aromatic nitrogens is 5. The Morgan fingerprint density at radius 1 is 1.31 bits per heavy atom. The van der Waals surface area contributed by atoms with Gasteiger partial charge < -0.3 is 5.73 Å². The maximum Gasteiger partial charge on any atom is 0.332 e. The fourth-order valence-corrected chi connectivity index (χ4v) is 3.26. The number of urea groups is 1. The number of aryl methyl sites for hydroxylation is 1. The highest BCUT2D eigenvalue weighted by Crippen LogP contribution is 2.29. The van der Waals surface area contributed by atoms with Crippen LogP contribution in [0.1, 0.15) is 36.7 Å². The SMILES string of the molecule is C/C(=N/NC(N)=O)c1ccc2ncc(C(C)c3cc4cnn(C)c4cc3F)n2n1. The minimum Gasteiger partial charge on any atom is -0.350 e. The van der Waals surface area contributed by atoms with Gasteiger partial charge >= 0.3 is 6.03 Å². The number of carbonyl (C=O) groups is 1. The van der Waals surface area contributed by atoms with Crippen molar-refractivity contribution in [3.8, 4) is 0 Å². The molecule has 0 bridgehead atoms. The zero-order chi connectivity index (χ0) is 20.7. The smallest absolute Gasteiger partial charge is 0.332 e. The predicted octanol–water partition coefficient (Wildman–Crippen LogP) is 2.30. The molecule has 0 fully saturated rings. The quantitative estimate of drug-likeness (QED) is 0.408. The minimum absolute atomic E-state index is 0.307.